The zero-order valence-corrected chi connectivity index (χ0v) is 17.1. The van der Waals surface area contributed by atoms with Gasteiger partial charge >= 0.3 is 0 Å². The molecule has 1 atom stereocenters. The van der Waals surface area contributed by atoms with Gasteiger partial charge in [0.25, 0.3) is 11.8 Å². The molecule has 3 heterocycles. The van der Waals surface area contributed by atoms with E-state index in [1.807, 2.05) is 0 Å². The lowest BCUT2D eigenvalue weighted by molar-refractivity contribution is -0.136. The van der Waals surface area contributed by atoms with Crippen molar-refractivity contribution in [2.45, 2.75) is 37.4 Å². The quantitative estimate of drug-likeness (QED) is 0.617. The van der Waals surface area contributed by atoms with E-state index in [1.54, 1.807) is 6.07 Å². The maximum Gasteiger partial charge on any atom is 0.262 e. The van der Waals surface area contributed by atoms with Gasteiger partial charge in [-0.25, -0.2) is 4.39 Å². The summed E-state index contributed by atoms with van der Waals surface area (Å²) in [5.74, 6) is -1.75. The molecule has 0 saturated carbocycles. The maximum absolute atomic E-state index is 14.2. The number of imide groups is 2. The lowest BCUT2D eigenvalue weighted by atomic mass is 9.94. The number of fused-ring (bicyclic) bond motifs is 1. The van der Waals surface area contributed by atoms with Crippen molar-refractivity contribution in [3.8, 4) is 5.75 Å². The predicted octanol–water partition coefficient (Wildman–Crippen LogP) is 0.229. The zero-order chi connectivity index (χ0) is 22.2. The second kappa shape index (κ2) is 8.35. The molecule has 9 nitrogen and oxygen atoms in total. The van der Waals surface area contributed by atoms with Crippen molar-refractivity contribution < 1.29 is 28.3 Å². The minimum Gasteiger partial charge on any atom is -0.492 e. The Morgan fingerprint density at radius 3 is 2.52 bits per heavy atom. The molecule has 0 bridgehead atoms. The molecule has 4 amide bonds. The summed E-state index contributed by atoms with van der Waals surface area (Å²) in [7, 11) is 0. The topological polar surface area (TPSA) is 122 Å². The minimum atomic E-state index is -1.28. The van der Waals surface area contributed by atoms with Crippen LogP contribution in [0.25, 0.3) is 0 Å². The number of benzene rings is 1. The van der Waals surface area contributed by atoms with Gasteiger partial charge in [0.1, 0.15) is 24.1 Å². The van der Waals surface area contributed by atoms with Crippen LogP contribution in [0.3, 0.4) is 0 Å². The van der Waals surface area contributed by atoms with E-state index in [0.29, 0.717) is 44.8 Å². The Morgan fingerprint density at radius 1 is 1.13 bits per heavy atom. The molecule has 0 radical (unpaired) electrons. The number of hydrogen-bond donors (Lipinski definition) is 2. The molecule has 2 saturated heterocycles. The van der Waals surface area contributed by atoms with Crippen LogP contribution >= 0.6 is 0 Å². The largest absolute Gasteiger partial charge is 0.492 e. The second-order valence-electron chi connectivity index (χ2n) is 8.20. The molecular weight excluding hydrogens is 407 g/mol. The molecule has 31 heavy (non-hydrogen) atoms. The van der Waals surface area contributed by atoms with Crippen molar-refractivity contribution in [1.29, 1.82) is 0 Å². The van der Waals surface area contributed by atoms with E-state index in [1.165, 1.54) is 12.1 Å². The van der Waals surface area contributed by atoms with E-state index in [0.717, 1.165) is 4.90 Å². The van der Waals surface area contributed by atoms with Crippen LogP contribution in [0, 0.1) is 0 Å². The Morgan fingerprint density at radius 2 is 1.84 bits per heavy atom. The normalized spacial score (nSPS) is 23.7. The highest BCUT2D eigenvalue weighted by atomic mass is 19.1. The van der Waals surface area contributed by atoms with Crippen molar-refractivity contribution in [3.05, 3.63) is 29.3 Å². The average molecular weight is 432 g/mol. The molecule has 0 spiro atoms. The molecule has 166 valence electrons. The number of amides is 4. The van der Waals surface area contributed by atoms with Crippen molar-refractivity contribution in [1.82, 2.24) is 15.1 Å². The molecule has 1 unspecified atom stereocenters. The first-order chi connectivity index (χ1) is 14.8. The van der Waals surface area contributed by atoms with Crippen LogP contribution in [-0.2, 0) is 9.59 Å². The van der Waals surface area contributed by atoms with Crippen LogP contribution in [0.1, 0.15) is 46.4 Å². The fraction of sp³-hybridized carbons (Fsp3) is 0.524. The number of nitrogens with two attached hydrogens (primary N) is 1. The molecule has 0 aromatic heterocycles. The van der Waals surface area contributed by atoms with Crippen LogP contribution in [-0.4, -0.2) is 77.9 Å². The maximum atomic E-state index is 14.2. The van der Waals surface area contributed by atoms with Gasteiger partial charge in [0.15, 0.2) is 0 Å². The van der Waals surface area contributed by atoms with Gasteiger partial charge in [-0.3, -0.25) is 34.3 Å². The smallest absolute Gasteiger partial charge is 0.262 e. The number of alkyl halides is 1. The molecule has 3 N–H and O–H groups in total. The molecule has 10 heteroatoms. The molecular formula is C21H25FN4O5. The van der Waals surface area contributed by atoms with E-state index >= 15 is 0 Å². The first kappa shape index (κ1) is 21.4. The number of likely N-dealkylation sites (tertiary alicyclic amines) is 1. The van der Waals surface area contributed by atoms with E-state index in [4.69, 9.17) is 10.5 Å². The summed E-state index contributed by atoms with van der Waals surface area (Å²) in [6, 6.07) is 3.62. The first-order valence-electron chi connectivity index (χ1n) is 10.4. The molecule has 4 rings (SSSR count). The Labute approximate surface area is 178 Å². The Kier molecular flexibility index (Phi) is 5.76. The number of rotatable bonds is 6. The van der Waals surface area contributed by atoms with Gasteiger partial charge in [0.05, 0.1) is 11.1 Å². The third-order valence-corrected chi connectivity index (χ3v) is 6.21. The number of piperidine rings is 2. The highest BCUT2D eigenvalue weighted by Crippen LogP contribution is 2.30. The Hall–Kier alpha value is -2.85. The van der Waals surface area contributed by atoms with Crippen molar-refractivity contribution >= 4 is 23.6 Å². The number of hydrogen-bond acceptors (Lipinski definition) is 7. The standard InChI is InChI=1S/C21H25FN4O5/c22-21(12-23)5-7-25(8-6-21)9-10-31-13-1-2-14-15(11-13)20(30)26(19(14)29)16-3-4-17(27)24-18(16)28/h1-2,11,16H,3-10,12,23H2,(H,24,27,28). The van der Waals surface area contributed by atoms with Crippen LogP contribution in [0.2, 0.25) is 0 Å². The van der Waals surface area contributed by atoms with Crippen LogP contribution in [0.5, 0.6) is 5.75 Å². The predicted molar refractivity (Wildman–Crippen MR) is 107 cm³/mol. The lowest BCUT2D eigenvalue weighted by Crippen LogP contribution is -2.54. The molecule has 0 aliphatic carbocycles. The minimum absolute atomic E-state index is 0.0368. The van der Waals surface area contributed by atoms with Gasteiger partial charge in [-0.2, -0.15) is 0 Å². The molecule has 1 aromatic rings. The van der Waals surface area contributed by atoms with Gasteiger partial charge in [0.2, 0.25) is 11.8 Å². The summed E-state index contributed by atoms with van der Waals surface area (Å²) in [4.78, 5) is 52.0. The summed E-state index contributed by atoms with van der Waals surface area (Å²) >= 11 is 0. The number of nitrogens with zero attached hydrogens (tertiary/aromatic N) is 2. The Bertz CT molecular complexity index is 928. The Balaban J connectivity index is 1.36. The van der Waals surface area contributed by atoms with Gasteiger partial charge < -0.3 is 10.5 Å². The zero-order valence-electron chi connectivity index (χ0n) is 17.1. The van der Waals surface area contributed by atoms with E-state index < -0.39 is 35.3 Å². The summed E-state index contributed by atoms with van der Waals surface area (Å²) in [5.41, 5.74) is 4.59. The summed E-state index contributed by atoms with van der Waals surface area (Å²) in [6.07, 6.45) is 0.980. The summed E-state index contributed by atoms with van der Waals surface area (Å²) < 4.78 is 19.9. The van der Waals surface area contributed by atoms with Gasteiger partial charge in [-0.15, -0.1) is 0 Å². The van der Waals surface area contributed by atoms with Crippen molar-refractivity contribution in [2.24, 2.45) is 5.73 Å². The summed E-state index contributed by atoms with van der Waals surface area (Å²) in [5, 5.41) is 2.17. The fourth-order valence-corrected chi connectivity index (χ4v) is 4.21. The van der Waals surface area contributed by atoms with Crippen LogP contribution in [0.15, 0.2) is 18.2 Å². The lowest BCUT2D eigenvalue weighted by Gasteiger charge is -2.35. The van der Waals surface area contributed by atoms with Gasteiger partial charge in [-0.05, 0) is 37.5 Å². The number of carbonyl (C=O) groups is 4. The third-order valence-electron chi connectivity index (χ3n) is 6.21. The van der Waals surface area contributed by atoms with E-state index in [2.05, 4.69) is 10.2 Å². The van der Waals surface area contributed by atoms with E-state index in [9.17, 15) is 23.6 Å². The van der Waals surface area contributed by atoms with Crippen LogP contribution in [0.4, 0.5) is 4.39 Å². The molecule has 2 fully saturated rings. The SMILES string of the molecule is NCC1(F)CCN(CCOc2ccc3c(c2)C(=O)N(C2CCC(=O)NC2=O)C3=O)CC1. The van der Waals surface area contributed by atoms with E-state index in [-0.39, 0.29) is 30.5 Å². The first-order valence-corrected chi connectivity index (χ1v) is 10.4. The highest BCUT2D eigenvalue weighted by Gasteiger charge is 2.44. The molecule has 1 aromatic carbocycles. The highest BCUT2D eigenvalue weighted by molar-refractivity contribution is 6.23. The second-order valence-corrected chi connectivity index (χ2v) is 8.20. The number of carbonyl (C=O) groups excluding carboxylic acids is 4. The number of ether oxygens (including phenoxy) is 1. The van der Waals surface area contributed by atoms with Gasteiger partial charge in [-0.1, -0.05) is 0 Å². The fourth-order valence-electron chi connectivity index (χ4n) is 4.21. The number of nitrogens with one attached hydrogen (secondary N) is 1. The monoisotopic (exact) mass is 432 g/mol. The number of halogens is 1. The van der Waals surface area contributed by atoms with Crippen molar-refractivity contribution in [3.63, 3.8) is 0 Å². The molecule has 3 aliphatic rings. The average Bonchev–Trinajstić information content (AvgIpc) is 3.00. The van der Waals surface area contributed by atoms with Crippen molar-refractivity contribution in [2.75, 3.05) is 32.8 Å². The molecule has 3 aliphatic heterocycles. The third kappa shape index (κ3) is 4.17. The summed E-state index contributed by atoms with van der Waals surface area (Å²) in [6.45, 7) is 2.20. The van der Waals surface area contributed by atoms with Gasteiger partial charge in [0, 0.05) is 32.6 Å². The van der Waals surface area contributed by atoms with Crippen LogP contribution < -0.4 is 15.8 Å².